The second-order valence-corrected chi connectivity index (χ2v) is 17.5. The van der Waals surface area contributed by atoms with Crippen LogP contribution in [0.5, 0.6) is 0 Å². The number of hydrogen-bond donors (Lipinski definition) is 7. The molecular weight excluding hydrogens is 872 g/mol. The number of hydrogen-bond acceptors (Lipinski definition) is 11. The number of carbonyl (C=O) groups is 9. The minimum atomic E-state index is -4.46. The Morgan fingerprint density at radius 2 is 1.29 bits per heavy atom. The standard InChI is InChI=1S/C45H49FN4O14S/c1-25-10-12-34(13-11-25)65(63,64)50-38(22-43(59)60)40(54)19-30(21-42(57)58)44(61)48-24-33(52)16-29(14-27-6-5-7-32(46)15-27)45(62)49-37(39(53)18-28(26(2)51)20-41(55)56)17-31-23-47-36-9-4-3-8-35(31)36/h3-13,15,23,28-30,37-38,47,50H,14,16-22,24H2,1-2H3,(H,48,61)(H,49,62)(H,55,56)(H,57,58)(H,59,60)/t28-,29+,30-,37-,38+/m0/s1. The molecule has 1 heterocycles. The van der Waals surface area contributed by atoms with Crippen LogP contribution in [0.15, 0.2) is 83.9 Å². The summed E-state index contributed by atoms with van der Waals surface area (Å²) >= 11 is 0. The van der Waals surface area contributed by atoms with Gasteiger partial charge < -0.3 is 30.9 Å². The van der Waals surface area contributed by atoms with E-state index in [1.54, 1.807) is 37.4 Å². The molecule has 0 saturated heterocycles. The number of benzene rings is 3. The summed E-state index contributed by atoms with van der Waals surface area (Å²) in [4.78, 5) is 118. The van der Waals surface area contributed by atoms with Crippen molar-refractivity contribution in [1.29, 1.82) is 0 Å². The Morgan fingerprint density at radius 3 is 1.92 bits per heavy atom. The third-order valence-electron chi connectivity index (χ3n) is 10.6. The average Bonchev–Trinajstić information content (AvgIpc) is 3.63. The normalized spacial score (nSPS) is 13.7. The second kappa shape index (κ2) is 23.1. The predicted molar refractivity (Wildman–Crippen MR) is 229 cm³/mol. The van der Waals surface area contributed by atoms with Crippen LogP contribution in [0.4, 0.5) is 4.39 Å². The molecule has 0 saturated carbocycles. The number of rotatable bonds is 27. The number of aromatic nitrogens is 1. The van der Waals surface area contributed by atoms with Gasteiger partial charge in [0.15, 0.2) is 17.3 Å². The maximum Gasteiger partial charge on any atom is 0.305 e. The van der Waals surface area contributed by atoms with Crippen molar-refractivity contribution in [3.63, 3.8) is 0 Å². The molecule has 0 unspecified atom stereocenters. The molecule has 65 heavy (non-hydrogen) atoms. The van der Waals surface area contributed by atoms with Crippen LogP contribution < -0.4 is 15.4 Å². The SMILES string of the molecule is CC(=O)[C@H](CC(=O)O)CC(=O)[C@H](Cc1c[nH]c2ccccc12)NC(=O)[C@@H](CC(=O)CNC(=O)[C@H](CC(=O)O)CC(=O)[C@@H](CC(=O)O)NS(=O)(=O)c1ccc(C)cc1)Cc1cccc(F)c1. The quantitative estimate of drug-likeness (QED) is 0.0453. The molecule has 2 amide bonds. The number of H-pyrrole nitrogens is 1. The number of halogens is 1. The molecule has 7 N–H and O–H groups in total. The van der Waals surface area contributed by atoms with Gasteiger partial charge in [-0.15, -0.1) is 0 Å². The van der Waals surface area contributed by atoms with Gasteiger partial charge in [0.2, 0.25) is 21.8 Å². The Balaban J connectivity index is 1.54. The van der Waals surface area contributed by atoms with Crippen molar-refractivity contribution in [2.75, 3.05) is 6.54 Å². The minimum absolute atomic E-state index is 0.118. The number of amides is 2. The lowest BCUT2D eigenvalue weighted by Gasteiger charge is -2.23. The van der Waals surface area contributed by atoms with E-state index in [2.05, 4.69) is 15.6 Å². The van der Waals surface area contributed by atoms with E-state index in [1.807, 2.05) is 4.72 Å². The zero-order valence-corrected chi connectivity index (χ0v) is 36.2. The van der Waals surface area contributed by atoms with Gasteiger partial charge in [0.25, 0.3) is 0 Å². The molecule has 4 aromatic rings. The lowest BCUT2D eigenvalue weighted by atomic mass is 9.89. The first-order valence-corrected chi connectivity index (χ1v) is 21.8. The van der Waals surface area contributed by atoms with E-state index < -0.39 is 144 Å². The van der Waals surface area contributed by atoms with E-state index in [4.69, 9.17) is 0 Å². The summed E-state index contributed by atoms with van der Waals surface area (Å²) in [5, 5.41) is 34.0. The third kappa shape index (κ3) is 15.7. The van der Waals surface area contributed by atoms with Gasteiger partial charge in [-0.25, -0.2) is 17.5 Å². The molecular formula is C45H49FN4O14S. The molecule has 0 fully saturated rings. The summed E-state index contributed by atoms with van der Waals surface area (Å²) in [5.41, 5.74) is 2.28. The fraction of sp³-hybridized carbons (Fsp3) is 0.356. The Labute approximate surface area is 372 Å². The number of carbonyl (C=O) groups excluding carboxylic acids is 6. The van der Waals surface area contributed by atoms with Crippen LogP contribution in [0.3, 0.4) is 0 Å². The largest absolute Gasteiger partial charge is 0.481 e. The average molecular weight is 921 g/mol. The van der Waals surface area contributed by atoms with Crippen LogP contribution in [-0.4, -0.2) is 100 Å². The van der Waals surface area contributed by atoms with Crippen LogP contribution in [0.1, 0.15) is 62.1 Å². The van der Waals surface area contributed by atoms with Crippen molar-refractivity contribution < 1.29 is 71.3 Å². The van der Waals surface area contributed by atoms with Gasteiger partial charge in [-0.1, -0.05) is 48.0 Å². The molecule has 0 spiro atoms. The van der Waals surface area contributed by atoms with E-state index in [0.717, 1.165) is 19.1 Å². The molecule has 0 bridgehead atoms. The Morgan fingerprint density at radius 1 is 0.677 bits per heavy atom. The highest BCUT2D eigenvalue weighted by Crippen LogP contribution is 2.23. The fourth-order valence-corrected chi connectivity index (χ4v) is 8.34. The molecule has 1 aromatic heterocycles. The summed E-state index contributed by atoms with van der Waals surface area (Å²) in [5.74, 6) is -14.5. The van der Waals surface area contributed by atoms with Crippen molar-refractivity contribution in [2.24, 2.45) is 17.8 Å². The molecule has 5 atom stereocenters. The summed E-state index contributed by atoms with van der Waals surface area (Å²) in [6.07, 6.45) is -3.55. The zero-order valence-electron chi connectivity index (χ0n) is 35.4. The molecule has 0 aliphatic rings. The number of nitrogens with one attached hydrogen (secondary N) is 4. The van der Waals surface area contributed by atoms with Gasteiger partial charge in [-0.05, 0) is 61.7 Å². The first-order chi connectivity index (χ1) is 30.6. The first-order valence-electron chi connectivity index (χ1n) is 20.3. The fourth-order valence-electron chi connectivity index (χ4n) is 7.12. The number of sulfonamides is 1. The number of aliphatic carboxylic acids is 3. The molecule has 20 heteroatoms. The van der Waals surface area contributed by atoms with E-state index in [-0.39, 0.29) is 23.3 Å². The highest BCUT2D eigenvalue weighted by molar-refractivity contribution is 7.89. The molecule has 0 aliphatic carbocycles. The number of carboxylic acid groups (broad SMARTS) is 3. The molecule has 4 rings (SSSR count). The summed E-state index contributed by atoms with van der Waals surface area (Å²) in [6.45, 7) is 2.02. The van der Waals surface area contributed by atoms with E-state index in [9.17, 15) is 71.3 Å². The first kappa shape index (κ1) is 50.7. The van der Waals surface area contributed by atoms with Gasteiger partial charge >= 0.3 is 17.9 Å². The molecule has 346 valence electrons. The monoisotopic (exact) mass is 920 g/mol. The van der Waals surface area contributed by atoms with Crippen LogP contribution >= 0.6 is 0 Å². The lowest BCUT2D eigenvalue weighted by molar-refractivity contribution is -0.143. The maximum absolute atomic E-state index is 14.3. The Bertz CT molecular complexity index is 2560. The van der Waals surface area contributed by atoms with Crippen molar-refractivity contribution in [3.05, 3.63) is 102 Å². The van der Waals surface area contributed by atoms with Crippen LogP contribution in [-0.2, 0) is 66.0 Å². The second-order valence-electron chi connectivity index (χ2n) is 15.7. The smallest absolute Gasteiger partial charge is 0.305 e. The van der Waals surface area contributed by atoms with Crippen molar-refractivity contribution in [3.8, 4) is 0 Å². The van der Waals surface area contributed by atoms with Gasteiger partial charge in [-0.3, -0.25) is 43.2 Å². The maximum atomic E-state index is 14.3. The number of aryl methyl sites for hydroxylation is 1. The van der Waals surface area contributed by atoms with Gasteiger partial charge in [0, 0.05) is 54.6 Å². The van der Waals surface area contributed by atoms with Crippen molar-refractivity contribution in [2.45, 2.75) is 82.2 Å². The molecule has 18 nitrogen and oxygen atoms in total. The summed E-state index contributed by atoms with van der Waals surface area (Å²) in [6, 6.07) is 14.3. The van der Waals surface area contributed by atoms with E-state index in [1.165, 1.54) is 36.4 Å². The number of aromatic amines is 1. The topological polar surface area (TPSA) is 300 Å². The molecule has 3 aromatic carbocycles. The number of ketones is 4. The number of para-hydroxylation sites is 1. The predicted octanol–water partition coefficient (Wildman–Crippen LogP) is 3.09. The number of carboxylic acids is 3. The highest BCUT2D eigenvalue weighted by Gasteiger charge is 2.34. The summed E-state index contributed by atoms with van der Waals surface area (Å²) in [7, 11) is -4.46. The van der Waals surface area contributed by atoms with Crippen molar-refractivity contribution >= 4 is 73.8 Å². The van der Waals surface area contributed by atoms with Crippen LogP contribution in [0.2, 0.25) is 0 Å². The van der Waals surface area contributed by atoms with Crippen LogP contribution in [0.25, 0.3) is 10.9 Å². The third-order valence-corrected chi connectivity index (χ3v) is 12.0. The van der Waals surface area contributed by atoms with Gasteiger partial charge in [0.1, 0.15) is 11.6 Å². The molecule has 0 radical (unpaired) electrons. The number of Topliss-reactive ketones (excluding diaryl/α,β-unsaturated/α-hetero) is 4. The summed E-state index contributed by atoms with van der Waals surface area (Å²) < 4.78 is 42.4. The molecule has 0 aliphatic heterocycles. The number of fused-ring (bicyclic) bond motifs is 1. The van der Waals surface area contributed by atoms with Gasteiger partial charge in [-0.2, -0.15) is 0 Å². The van der Waals surface area contributed by atoms with E-state index >= 15 is 0 Å². The van der Waals surface area contributed by atoms with Crippen LogP contribution in [0, 0.1) is 30.5 Å². The lowest BCUT2D eigenvalue weighted by Crippen LogP contribution is -2.47. The Kier molecular flexibility index (Phi) is 18.0. The highest BCUT2D eigenvalue weighted by atomic mass is 32.2. The van der Waals surface area contributed by atoms with E-state index in [0.29, 0.717) is 22.0 Å². The van der Waals surface area contributed by atoms with Crippen molar-refractivity contribution in [1.82, 2.24) is 20.3 Å². The van der Waals surface area contributed by atoms with Gasteiger partial charge in [0.05, 0.1) is 48.7 Å². The minimum Gasteiger partial charge on any atom is -0.481 e. The Hall–Kier alpha value is -6.93. The zero-order chi connectivity index (χ0) is 48.0.